The molecule has 1 aromatic carbocycles. The summed E-state index contributed by atoms with van der Waals surface area (Å²) in [7, 11) is -3.62. The van der Waals surface area contributed by atoms with E-state index in [1.54, 1.807) is 24.3 Å². The highest BCUT2D eigenvalue weighted by Crippen LogP contribution is 2.33. The third-order valence-electron chi connectivity index (χ3n) is 3.16. The molecule has 1 amide bonds. The topological polar surface area (TPSA) is 89.7 Å². The van der Waals surface area contributed by atoms with Crippen LogP contribution in [0.15, 0.2) is 24.3 Å². The van der Waals surface area contributed by atoms with Gasteiger partial charge >= 0.3 is 0 Å². The van der Waals surface area contributed by atoms with Gasteiger partial charge in [0.25, 0.3) is 0 Å². The first-order valence-electron chi connectivity index (χ1n) is 6.49. The number of hydrogen-bond acceptors (Lipinski definition) is 4. The predicted molar refractivity (Wildman–Crippen MR) is 76.3 cm³/mol. The van der Waals surface area contributed by atoms with Crippen molar-refractivity contribution in [2.45, 2.75) is 6.42 Å². The molecule has 1 heterocycles. The molecule has 2 N–H and O–H groups in total. The average Bonchev–Trinajstić information content (AvgIpc) is 2.75. The Bertz CT molecular complexity index is 620. The molecule has 1 aliphatic rings. The van der Waals surface area contributed by atoms with Gasteiger partial charge in [0.2, 0.25) is 15.9 Å². The van der Waals surface area contributed by atoms with Gasteiger partial charge in [0.15, 0.2) is 0 Å². The molecule has 0 spiro atoms. The van der Waals surface area contributed by atoms with E-state index >= 15 is 0 Å². The van der Waals surface area contributed by atoms with Crippen LogP contribution in [0.2, 0.25) is 0 Å². The summed E-state index contributed by atoms with van der Waals surface area (Å²) in [5.41, 5.74) is 0.521. The van der Waals surface area contributed by atoms with Crippen molar-refractivity contribution in [2.75, 3.05) is 30.5 Å². The zero-order valence-corrected chi connectivity index (χ0v) is 12.2. The van der Waals surface area contributed by atoms with Crippen LogP contribution < -0.4 is 14.8 Å². The number of para-hydroxylation sites is 2. The number of ether oxygens (including phenoxy) is 1. The molecule has 116 valence electrons. The van der Waals surface area contributed by atoms with Crippen molar-refractivity contribution in [1.82, 2.24) is 0 Å². The van der Waals surface area contributed by atoms with E-state index in [4.69, 9.17) is 9.88 Å². The highest BCUT2D eigenvalue weighted by atomic mass is 32.2. The van der Waals surface area contributed by atoms with Crippen molar-refractivity contribution in [3.8, 4) is 5.75 Å². The largest absolute Gasteiger partial charge is 0.489 e. The van der Waals surface area contributed by atoms with Gasteiger partial charge in [-0.05, 0) is 12.1 Å². The molecule has 1 fully saturated rings. The minimum atomic E-state index is -3.62. The van der Waals surface area contributed by atoms with Crippen LogP contribution in [-0.2, 0) is 14.8 Å². The summed E-state index contributed by atoms with van der Waals surface area (Å²) >= 11 is 0. The fourth-order valence-corrected chi connectivity index (χ4v) is 3.29. The highest BCUT2D eigenvalue weighted by Gasteiger charge is 2.34. The number of rotatable bonds is 6. The number of primary sulfonamides is 1. The molecule has 2 rings (SSSR count). The zero-order valence-electron chi connectivity index (χ0n) is 11.4. The number of carbonyl (C=O) groups is 1. The standard InChI is InChI=1S/C13H17FN2O4S/c14-5-6-20-12-4-2-1-3-11(12)16-8-10(7-13(16)17)9-21(15,18)19/h1-4,10H,5-9H2,(H2,15,18,19). The van der Waals surface area contributed by atoms with Crippen molar-refractivity contribution in [3.05, 3.63) is 24.3 Å². The lowest BCUT2D eigenvalue weighted by Crippen LogP contribution is -2.27. The Kier molecular flexibility index (Phi) is 4.79. The number of halogens is 1. The van der Waals surface area contributed by atoms with Crippen molar-refractivity contribution in [3.63, 3.8) is 0 Å². The number of hydrogen-bond donors (Lipinski definition) is 1. The Morgan fingerprint density at radius 1 is 1.38 bits per heavy atom. The van der Waals surface area contributed by atoms with E-state index in [9.17, 15) is 17.6 Å². The first-order valence-corrected chi connectivity index (χ1v) is 8.21. The zero-order chi connectivity index (χ0) is 15.5. The molecule has 8 heteroatoms. The van der Waals surface area contributed by atoms with Gasteiger partial charge in [0, 0.05) is 18.9 Å². The van der Waals surface area contributed by atoms with Crippen LogP contribution in [0.3, 0.4) is 0 Å². The van der Waals surface area contributed by atoms with Gasteiger partial charge in [-0.15, -0.1) is 0 Å². The lowest BCUT2D eigenvalue weighted by Gasteiger charge is -2.20. The highest BCUT2D eigenvalue weighted by molar-refractivity contribution is 7.89. The summed E-state index contributed by atoms with van der Waals surface area (Å²) in [4.78, 5) is 13.5. The first-order chi connectivity index (χ1) is 9.90. The molecule has 0 saturated carbocycles. The van der Waals surface area contributed by atoms with Crippen molar-refractivity contribution in [1.29, 1.82) is 0 Å². The lowest BCUT2D eigenvalue weighted by molar-refractivity contribution is -0.117. The van der Waals surface area contributed by atoms with E-state index in [-0.39, 0.29) is 37.2 Å². The maximum absolute atomic E-state index is 12.2. The summed E-state index contributed by atoms with van der Waals surface area (Å²) in [6.45, 7) is -0.471. The second-order valence-electron chi connectivity index (χ2n) is 4.91. The third-order valence-corrected chi connectivity index (χ3v) is 4.10. The number of sulfonamides is 1. The van der Waals surface area contributed by atoms with Crippen LogP contribution >= 0.6 is 0 Å². The molecule has 1 unspecified atom stereocenters. The third kappa shape index (κ3) is 4.15. The lowest BCUT2D eigenvalue weighted by atomic mass is 10.1. The van der Waals surface area contributed by atoms with E-state index in [1.807, 2.05) is 0 Å². The number of carbonyl (C=O) groups excluding carboxylic acids is 1. The Hall–Kier alpha value is -1.67. The first kappa shape index (κ1) is 15.7. The maximum Gasteiger partial charge on any atom is 0.227 e. The summed E-state index contributed by atoms with van der Waals surface area (Å²) in [5.74, 6) is -0.371. The fourth-order valence-electron chi connectivity index (χ4n) is 2.41. The van der Waals surface area contributed by atoms with Crippen molar-refractivity contribution in [2.24, 2.45) is 11.1 Å². The molecule has 0 aromatic heterocycles. The summed E-state index contributed by atoms with van der Waals surface area (Å²) < 4.78 is 39.8. The summed E-state index contributed by atoms with van der Waals surface area (Å²) in [6, 6.07) is 6.79. The van der Waals surface area contributed by atoms with Crippen LogP contribution in [0.4, 0.5) is 10.1 Å². The average molecular weight is 316 g/mol. The SMILES string of the molecule is NS(=O)(=O)CC1CC(=O)N(c2ccccc2OCCF)C1. The minimum absolute atomic E-state index is 0.0976. The molecular formula is C13H17FN2O4S. The molecule has 0 aliphatic carbocycles. The van der Waals surface area contributed by atoms with E-state index in [0.717, 1.165) is 0 Å². The Morgan fingerprint density at radius 2 is 2.10 bits per heavy atom. The van der Waals surface area contributed by atoms with E-state index in [2.05, 4.69) is 0 Å². The van der Waals surface area contributed by atoms with E-state index in [1.165, 1.54) is 4.90 Å². The van der Waals surface area contributed by atoms with Crippen LogP contribution in [0.5, 0.6) is 5.75 Å². The van der Waals surface area contributed by atoms with Crippen LogP contribution in [0, 0.1) is 5.92 Å². The minimum Gasteiger partial charge on any atom is -0.489 e. The Labute approximate surface area is 122 Å². The fraction of sp³-hybridized carbons (Fsp3) is 0.462. The predicted octanol–water partition coefficient (Wildman–Crippen LogP) is 0.676. The van der Waals surface area contributed by atoms with Gasteiger partial charge in [-0.3, -0.25) is 4.79 Å². The van der Waals surface area contributed by atoms with E-state index < -0.39 is 16.7 Å². The van der Waals surface area contributed by atoms with Crippen LogP contribution in [-0.4, -0.2) is 39.9 Å². The maximum atomic E-state index is 12.2. The van der Waals surface area contributed by atoms with Gasteiger partial charge in [0.05, 0.1) is 11.4 Å². The number of anilines is 1. The number of amides is 1. The smallest absolute Gasteiger partial charge is 0.227 e. The molecule has 1 atom stereocenters. The quantitative estimate of drug-likeness (QED) is 0.835. The molecule has 1 saturated heterocycles. The van der Waals surface area contributed by atoms with Crippen molar-refractivity contribution < 1.29 is 22.3 Å². The summed E-state index contributed by atoms with van der Waals surface area (Å²) in [6.07, 6.45) is 0.119. The second-order valence-corrected chi connectivity index (χ2v) is 6.57. The van der Waals surface area contributed by atoms with Gasteiger partial charge < -0.3 is 9.64 Å². The summed E-state index contributed by atoms with van der Waals surface area (Å²) in [5, 5.41) is 5.02. The normalized spacial score (nSPS) is 19.0. The molecule has 0 radical (unpaired) electrons. The van der Waals surface area contributed by atoms with Crippen LogP contribution in [0.1, 0.15) is 6.42 Å². The van der Waals surface area contributed by atoms with Gasteiger partial charge in [-0.1, -0.05) is 12.1 Å². The Balaban J connectivity index is 2.17. The molecule has 6 nitrogen and oxygen atoms in total. The molecule has 21 heavy (non-hydrogen) atoms. The van der Waals surface area contributed by atoms with Gasteiger partial charge in [-0.25, -0.2) is 17.9 Å². The number of nitrogens with two attached hydrogens (primary N) is 1. The van der Waals surface area contributed by atoms with Gasteiger partial charge in [0.1, 0.15) is 19.0 Å². The molecule has 1 aromatic rings. The monoisotopic (exact) mass is 316 g/mol. The van der Waals surface area contributed by atoms with E-state index in [0.29, 0.717) is 11.4 Å². The van der Waals surface area contributed by atoms with Gasteiger partial charge in [-0.2, -0.15) is 0 Å². The number of nitrogens with zero attached hydrogens (tertiary/aromatic N) is 1. The molecule has 1 aliphatic heterocycles. The molecular weight excluding hydrogens is 299 g/mol. The van der Waals surface area contributed by atoms with Crippen LogP contribution in [0.25, 0.3) is 0 Å². The number of alkyl halides is 1. The Morgan fingerprint density at radius 3 is 2.76 bits per heavy atom. The van der Waals surface area contributed by atoms with Crippen molar-refractivity contribution >= 4 is 21.6 Å². The molecule has 0 bridgehead atoms. The second kappa shape index (κ2) is 6.40. The number of benzene rings is 1.